The highest BCUT2D eigenvalue weighted by molar-refractivity contribution is 7.47. The average Bonchev–Trinajstić information content (AvgIpc) is 0.953. The molecular formula is C79H154O17P2. The molecule has 0 saturated heterocycles. The molecule has 0 saturated carbocycles. The van der Waals surface area contributed by atoms with Crippen LogP contribution in [0.4, 0.5) is 0 Å². The number of carbonyl (C=O) groups is 4. The van der Waals surface area contributed by atoms with Crippen LogP contribution in [0.15, 0.2) is 0 Å². The Balaban J connectivity index is 5.23. The average molecular weight is 1440 g/mol. The summed E-state index contributed by atoms with van der Waals surface area (Å²) in [6.07, 6.45) is 54.3. The molecule has 0 rings (SSSR count). The lowest BCUT2D eigenvalue weighted by Crippen LogP contribution is -2.30. The second kappa shape index (κ2) is 68.2. The van der Waals surface area contributed by atoms with Gasteiger partial charge in [0.2, 0.25) is 0 Å². The van der Waals surface area contributed by atoms with Gasteiger partial charge in [0, 0.05) is 25.7 Å². The standard InChI is InChI=1S/C79H154O17P2/c1-69(2)55-47-39-31-25-19-14-11-9-10-12-16-23-29-35-45-53-61-78(83)95-74(65-89-76(81)59-51-43-34-28-22-17-13-15-20-26-32-40-48-56-70(3)4)67-93-97(85,86)91-63-73(80)64-92-98(87,88)94-68-75(66-90-77(82)60-52-44-38-37-42-50-58-72(7)8)96-79(84)62-54-46-36-30-24-18-21-27-33-41-49-57-71(5)6/h69-75,80H,9-68H2,1-8H3,(H,85,86)(H,87,88)/t73-,74-,75-/m1/s1. The predicted molar refractivity (Wildman–Crippen MR) is 400 cm³/mol. The molecule has 582 valence electrons. The SMILES string of the molecule is CC(C)CCCCCCCCCCCCCCCCCCC(=O)O[C@H](COC(=O)CCCCCCCCCCCCCCCC(C)C)COP(=O)(O)OC[C@@H](O)COP(=O)(O)OC[C@@H](COC(=O)CCCCCCCCC(C)C)OC(=O)CCCCCCCCCCCCCC(C)C. The maximum atomic E-state index is 13.1. The zero-order chi connectivity index (χ0) is 72.4. The number of hydrogen-bond donors (Lipinski definition) is 3. The number of phosphoric acid groups is 2. The molecular weight excluding hydrogens is 1280 g/mol. The minimum Gasteiger partial charge on any atom is -0.462 e. The Hall–Kier alpha value is -1.94. The number of rotatable bonds is 76. The van der Waals surface area contributed by atoms with Crippen molar-refractivity contribution in [1.82, 2.24) is 0 Å². The predicted octanol–water partition coefficient (Wildman–Crippen LogP) is 23.2. The van der Waals surface area contributed by atoms with Gasteiger partial charge in [-0.1, -0.05) is 351 Å². The molecule has 0 radical (unpaired) electrons. The first kappa shape index (κ1) is 96.1. The van der Waals surface area contributed by atoms with Gasteiger partial charge in [-0.15, -0.1) is 0 Å². The molecule has 19 heteroatoms. The maximum Gasteiger partial charge on any atom is 0.472 e. The molecule has 98 heavy (non-hydrogen) atoms. The number of aliphatic hydroxyl groups is 1. The van der Waals surface area contributed by atoms with E-state index in [1.807, 2.05) is 0 Å². The topological polar surface area (TPSA) is 237 Å². The summed E-state index contributed by atoms with van der Waals surface area (Å²) < 4.78 is 68.6. The normalized spacial score (nSPS) is 14.1. The number of carbonyl (C=O) groups excluding carboxylic acids is 4. The highest BCUT2D eigenvalue weighted by Crippen LogP contribution is 2.45. The Morgan fingerprint density at radius 1 is 0.255 bits per heavy atom. The van der Waals surface area contributed by atoms with Gasteiger partial charge in [-0.25, -0.2) is 9.13 Å². The molecule has 0 heterocycles. The summed E-state index contributed by atoms with van der Waals surface area (Å²) in [5, 5.41) is 10.6. The molecule has 0 aliphatic heterocycles. The van der Waals surface area contributed by atoms with Crippen LogP contribution in [0.2, 0.25) is 0 Å². The quantitative estimate of drug-likeness (QED) is 0.0222. The van der Waals surface area contributed by atoms with Crippen LogP contribution in [-0.4, -0.2) is 96.7 Å². The van der Waals surface area contributed by atoms with Crippen LogP contribution in [-0.2, 0) is 65.4 Å². The number of phosphoric ester groups is 2. The number of aliphatic hydroxyl groups excluding tert-OH is 1. The van der Waals surface area contributed by atoms with E-state index in [9.17, 15) is 43.2 Å². The lowest BCUT2D eigenvalue weighted by molar-refractivity contribution is -0.161. The second-order valence-corrected chi connectivity index (χ2v) is 33.3. The Morgan fingerprint density at radius 2 is 0.429 bits per heavy atom. The summed E-state index contributed by atoms with van der Waals surface area (Å²) in [5.41, 5.74) is 0. The van der Waals surface area contributed by atoms with E-state index in [0.717, 1.165) is 114 Å². The smallest absolute Gasteiger partial charge is 0.462 e. The van der Waals surface area contributed by atoms with E-state index in [1.165, 1.54) is 199 Å². The van der Waals surface area contributed by atoms with Crippen molar-refractivity contribution in [3.05, 3.63) is 0 Å². The minimum absolute atomic E-state index is 0.105. The van der Waals surface area contributed by atoms with Crippen LogP contribution in [0, 0.1) is 23.7 Å². The van der Waals surface area contributed by atoms with Crippen LogP contribution in [0.5, 0.6) is 0 Å². The van der Waals surface area contributed by atoms with Gasteiger partial charge in [0.15, 0.2) is 12.2 Å². The molecule has 0 spiro atoms. The molecule has 2 unspecified atom stereocenters. The van der Waals surface area contributed by atoms with E-state index in [0.29, 0.717) is 31.6 Å². The summed E-state index contributed by atoms with van der Waals surface area (Å²) in [6.45, 7) is 14.2. The van der Waals surface area contributed by atoms with E-state index in [-0.39, 0.29) is 25.7 Å². The number of ether oxygens (including phenoxy) is 4. The molecule has 3 N–H and O–H groups in total. The van der Waals surface area contributed by atoms with Crippen molar-refractivity contribution in [3.8, 4) is 0 Å². The number of hydrogen-bond acceptors (Lipinski definition) is 15. The lowest BCUT2D eigenvalue weighted by atomic mass is 10.0. The fourth-order valence-corrected chi connectivity index (χ4v) is 13.7. The fourth-order valence-electron chi connectivity index (χ4n) is 12.1. The van der Waals surface area contributed by atoms with Crippen molar-refractivity contribution >= 4 is 39.5 Å². The van der Waals surface area contributed by atoms with Gasteiger partial charge in [0.05, 0.1) is 26.4 Å². The summed E-state index contributed by atoms with van der Waals surface area (Å²) in [4.78, 5) is 72.9. The Labute approximate surface area is 600 Å². The molecule has 17 nitrogen and oxygen atoms in total. The van der Waals surface area contributed by atoms with Gasteiger partial charge < -0.3 is 33.8 Å². The monoisotopic (exact) mass is 1440 g/mol. The van der Waals surface area contributed by atoms with Gasteiger partial charge >= 0.3 is 39.5 Å². The fraction of sp³-hybridized carbons (Fsp3) is 0.949. The van der Waals surface area contributed by atoms with Crippen molar-refractivity contribution in [1.29, 1.82) is 0 Å². The molecule has 0 aromatic heterocycles. The Bertz CT molecular complexity index is 1920. The van der Waals surface area contributed by atoms with Crippen molar-refractivity contribution < 1.29 is 80.2 Å². The van der Waals surface area contributed by atoms with Gasteiger partial charge in [0.1, 0.15) is 19.3 Å². The number of unbranched alkanes of at least 4 members (excludes halogenated alkanes) is 42. The Morgan fingerprint density at radius 3 is 0.633 bits per heavy atom. The maximum absolute atomic E-state index is 13.1. The first-order valence-corrected chi connectivity index (χ1v) is 43.7. The third-order valence-electron chi connectivity index (χ3n) is 18.3. The third-order valence-corrected chi connectivity index (χ3v) is 20.2. The third kappa shape index (κ3) is 72.4. The van der Waals surface area contributed by atoms with E-state index < -0.39 is 97.5 Å². The number of esters is 4. The van der Waals surface area contributed by atoms with Crippen LogP contribution in [0.25, 0.3) is 0 Å². The highest BCUT2D eigenvalue weighted by Gasteiger charge is 2.30. The molecule has 0 fully saturated rings. The molecule has 0 aliphatic rings. The van der Waals surface area contributed by atoms with Gasteiger partial charge in [-0.3, -0.25) is 37.3 Å². The molecule has 5 atom stereocenters. The molecule has 0 amide bonds. The van der Waals surface area contributed by atoms with E-state index >= 15 is 0 Å². The highest BCUT2D eigenvalue weighted by atomic mass is 31.2. The summed E-state index contributed by atoms with van der Waals surface area (Å²) >= 11 is 0. The van der Waals surface area contributed by atoms with Crippen LogP contribution >= 0.6 is 15.6 Å². The first-order valence-electron chi connectivity index (χ1n) is 40.7. The largest absolute Gasteiger partial charge is 0.472 e. The van der Waals surface area contributed by atoms with Crippen molar-refractivity contribution in [3.63, 3.8) is 0 Å². The van der Waals surface area contributed by atoms with Crippen molar-refractivity contribution in [2.75, 3.05) is 39.6 Å². The molecule has 0 aromatic rings. The van der Waals surface area contributed by atoms with Crippen LogP contribution in [0.3, 0.4) is 0 Å². The van der Waals surface area contributed by atoms with E-state index in [2.05, 4.69) is 55.4 Å². The second-order valence-electron chi connectivity index (χ2n) is 30.4. The summed E-state index contributed by atoms with van der Waals surface area (Å²) in [6, 6.07) is 0. The molecule has 0 bridgehead atoms. The lowest BCUT2D eigenvalue weighted by Gasteiger charge is -2.21. The molecule has 0 aliphatic carbocycles. The molecule has 0 aromatic carbocycles. The summed E-state index contributed by atoms with van der Waals surface area (Å²) in [5.74, 6) is 0.927. The van der Waals surface area contributed by atoms with Crippen LogP contribution in [0.1, 0.15) is 402 Å². The van der Waals surface area contributed by atoms with Gasteiger partial charge in [-0.05, 0) is 49.4 Å². The van der Waals surface area contributed by atoms with Crippen molar-refractivity contribution in [2.24, 2.45) is 23.7 Å². The Kier molecular flexibility index (Phi) is 66.8. The van der Waals surface area contributed by atoms with Crippen molar-refractivity contribution in [2.45, 2.75) is 420 Å². The zero-order valence-corrected chi connectivity index (χ0v) is 66.2. The van der Waals surface area contributed by atoms with E-state index in [4.69, 9.17) is 37.0 Å². The van der Waals surface area contributed by atoms with Gasteiger partial charge in [0.25, 0.3) is 0 Å². The zero-order valence-electron chi connectivity index (χ0n) is 64.4. The van der Waals surface area contributed by atoms with Crippen LogP contribution < -0.4 is 0 Å². The van der Waals surface area contributed by atoms with E-state index in [1.54, 1.807) is 0 Å². The summed E-state index contributed by atoms with van der Waals surface area (Å²) in [7, 11) is -9.92. The minimum atomic E-state index is -4.96. The van der Waals surface area contributed by atoms with Gasteiger partial charge in [-0.2, -0.15) is 0 Å². The first-order chi connectivity index (χ1) is 47.1.